The second-order valence-corrected chi connectivity index (χ2v) is 7.52. The third-order valence-electron chi connectivity index (χ3n) is 4.43. The molecule has 0 atom stereocenters. The van der Waals surface area contributed by atoms with Crippen LogP contribution in [0.1, 0.15) is 27.2 Å². The summed E-state index contributed by atoms with van der Waals surface area (Å²) in [4.78, 5) is 18.0. The van der Waals surface area contributed by atoms with Crippen molar-refractivity contribution >= 4 is 29.1 Å². The first kappa shape index (κ1) is 20.5. The highest BCUT2D eigenvalue weighted by Crippen LogP contribution is 2.25. The highest BCUT2D eigenvalue weighted by atomic mass is 32.2. The molecule has 0 spiro atoms. The van der Waals surface area contributed by atoms with Gasteiger partial charge in [0.05, 0.1) is 5.69 Å². The van der Waals surface area contributed by atoms with Crippen LogP contribution in [0.4, 0.5) is 5.69 Å². The smallest absolute Gasteiger partial charge is 0.251 e. The highest BCUT2D eigenvalue weighted by Gasteiger charge is 2.10. The van der Waals surface area contributed by atoms with Gasteiger partial charge in [-0.3, -0.25) is 9.78 Å². The summed E-state index contributed by atoms with van der Waals surface area (Å²) in [5, 5.41) is 2.91. The van der Waals surface area contributed by atoms with Crippen LogP contribution in [0.3, 0.4) is 0 Å². The molecule has 1 aromatic heterocycles. The fraction of sp³-hybridized carbons (Fsp3) is 0.130. The summed E-state index contributed by atoms with van der Waals surface area (Å²) in [6.45, 7) is 4.38. The van der Waals surface area contributed by atoms with E-state index < -0.39 is 0 Å². The van der Waals surface area contributed by atoms with Crippen LogP contribution in [0.15, 0.2) is 78.0 Å². The number of carbonyl (C=O) groups excluding carboxylic acids is 1. The molecule has 0 saturated carbocycles. The fourth-order valence-corrected chi connectivity index (χ4v) is 3.38. The minimum atomic E-state index is -0.163. The lowest BCUT2D eigenvalue weighted by Gasteiger charge is -2.12. The van der Waals surface area contributed by atoms with E-state index in [9.17, 15) is 4.79 Å². The summed E-state index contributed by atoms with van der Waals surface area (Å²) >= 11 is 1.52. The van der Waals surface area contributed by atoms with Crippen LogP contribution in [0.2, 0.25) is 0 Å². The summed E-state index contributed by atoms with van der Waals surface area (Å²) in [6.07, 6.45) is 3.17. The van der Waals surface area contributed by atoms with Crippen LogP contribution in [0, 0.1) is 13.8 Å². The normalized spacial score (nSPS) is 11.2. The van der Waals surface area contributed by atoms with Crippen molar-refractivity contribution < 1.29 is 4.79 Å². The number of nitrogens with one attached hydrogen (secondary N) is 2. The van der Waals surface area contributed by atoms with Crippen molar-refractivity contribution in [3.05, 3.63) is 95.4 Å². The van der Waals surface area contributed by atoms with E-state index in [4.69, 9.17) is 5.73 Å². The topological polar surface area (TPSA) is 80.0 Å². The van der Waals surface area contributed by atoms with E-state index in [0.29, 0.717) is 12.1 Å². The molecule has 2 aromatic carbocycles. The number of nitrogens with zero attached hydrogens (tertiary/aromatic N) is 1. The Balaban J connectivity index is 1.65. The summed E-state index contributed by atoms with van der Waals surface area (Å²) in [5.74, 6) is -0.163. The minimum absolute atomic E-state index is 0.163. The zero-order valence-electron chi connectivity index (χ0n) is 16.5. The van der Waals surface area contributed by atoms with Crippen molar-refractivity contribution in [1.82, 2.24) is 10.3 Å². The molecule has 148 valence electrons. The van der Waals surface area contributed by atoms with Gasteiger partial charge in [0.2, 0.25) is 0 Å². The minimum Gasteiger partial charge on any atom is -0.404 e. The Kier molecular flexibility index (Phi) is 6.92. The molecule has 0 aliphatic rings. The Morgan fingerprint density at radius 2 is 1.90 bits per heavy atom. The standard InChI is InChI=1S/C23H24N4OS/c1-16-6-10-20(11-7-16)29-27-22-13-18(9-8-17(22)2)23(28)26-15-19(14-24)21-5-3-4-12-25-21/h3-14,27H,15,24H2,1-2H3,(H,26,28). The average molecular weight is 405 g/mol. The van der Waals surface area contributed by atoms with Crippen LogP contribution in [-0.4, -0.2) is 17.4 Å². The molecular formula is C23H24N4OS. The monoisotopic (exact) mass is 404 g/mol. The van der Waals surface area contributed by atoms with Crippen LogP contribution in [0.25, 0.3) is 5.57 Å². The number of amides is 1. The number of pyridine rings is 1. The summed E-state index contributed by atoms with van der Waals surface area (Å²) < 4.78 is 3.34. The van der Waals surface area contributed by atoms with Gasteiger partial charge in [-0.25, -0.2) is 0 Å². The molecule has 0 aliphatic heterocycles. The van der Waals surface area contributed by atoms with Gasteiger partial charge in [-0.1, -0.05) is 29.8 Å². The Morgan fingerprint density at radius 1 is 1.10 bits per heavy atom. The molecule has 0 saturated heterocycles. The number of anilines is 1. The van der Waals surface area contributed by atoms with E-state index in [-0.39, 0.29) is 5.91 Å². The average Bonchev–Trinajstić information content (AvgIpc) is 2.75. The molecular weight excluding hydrogens is 380 g/mol. The molecule has 0 fully saturated rings. The van der Waals surface area contributed by atoms with Crippen molar-refractivity contribution in [2.45, 2.75) is 18.7 Å². The third kappa shape index (κ3) is 5.62. The van der Waals surface area contributed by atoms with Gasteiger partial charge >= 0.3 is 0 Å². The van der Waals surface area contributed by atoms with Gasteiger partial charge in [0.1, 0.15) is 0 Å². The summed E-state index contributed by atoms with van der Waals surface area (Å²) in [7, 11) is 0. The largest absolute Gasteiger partial charge is 0.404 e. The maximum Gasteiger partial charge on any atom is 0.251 e. The van der Waals surface area contributed by atoms with Crippen LogP contribution < -0.4 is 15.8 Å². The van der Waals surface area contributed by atoms with Crippen molar-refractivity contribution in [3.8, 4) is 0 Å². The van der Waals surface area contributed by atoms with Crippen molar-refractivity contribution in [1.29, 1.82) is 0 Å². The molecule has 29 heavy (non-hydrogen) atoms. The van der Waals surface area contributed by atoms with Gasteiger partial charge in [0.15, 0.2) is 0 Å². The Hall–Kier alpha value is -3.25. The second kappa shape index (κ2) is 9.80. The molecule has 0 aliphatic carbocycles. The van der Waals surface area contributed by atoms with E-state index in [1.165, 1.54) is 23.7 Å². The number of benzene rings is 2. The Labute approximate surface area is 175 Å². The molecule has 3 rings (SSSR count). The van der Waals surface area contributed by atoms with Gasteiger partial charge in [0, 0.05) is 40.7 Å². The first-order valence-corrected chi connectivity index (χ1v) is 10.1. The van der Waals surface area contributed by atoms with Crippen molar-refractivity contribution in [3.63, 3.8) is 0 Å². The highest BCUT2D eigenvalue weighted by molar-refractivity contribution is 8.00. The number of aryl methyl sites for hydroxylation is 2. The van der Waals surface area contributed by atoms with Gasteiger partial charge in [0.25, 0.3) is 5.91 Å². The second-order valence-electron chi connectivity index (χ2n) is 6.64. The quantitative estimate of drug-likeness (QED) is 0.504. The van der Waals surface area contributed by atoms with E-state index in [1.807, 2.05) is 43.3 Å². The molecule has 3 aromatic rings. The van der Waals surface area contributed by atoms with Crippen LogP contribution >= 0.6 is 11.9 Å². The van der Waals surface area contributed by atoms with Gasteiger partial charge < -0.3 is 15.8 Å². The number of nitrogens with two attached hydrogens (primary N) is 1. The number of hydrogen-bond donors (Lipinski definition) is 3. The molecule has 5 nitrogen and oxygen atoms in total. The van der Waals surface area contributed by atoms with Gasteiger partial charge in [-0.2, -0.15) is 0 Å². The van der Waals surface area contributed by atoms with Crippen molar-refractivity contribution in [2.75, 3.05) is 11.3 Å². The number of rotatable bonds is 7. The SMILES string of the molecule is Cc1ccc(SNc2cc(C(=O)NCC(=CN)c3ccccn3)ccc2C)cc1. The Morgan fingerprint density at radius 3 is 2.59 bits per heavy atom. The van der Waals surface area contributed by atoms with E-state index in [2.05, 4.69) is 46.2 Å². The molecule has 0 bridgehead atoms. The zero-order chi connectivity index (χ0) is 20.6. The van der Waals surface area contributed by atoms with Crippen molar-refractivity contribution in [2.24, 2.45) is 5.73 Å². The van der Waals surface area contributed by atoms with E-state index in [1.54, 1.807) is 6.20 Å². The maximum absolute atomic E-state index is 12.6. The maximum atomic E-state index is 12.6. The van der Waals surface area contributed by atoms with Crippen LogP contribution in [0.5, 0.6) is 0 Å². The molecule has 1 heterocycles. The first-order valence-electron chi connectivity index (χ1n) is 9.27. The molecule has 6 heteroatoms. The predicted octanol–water partition coefficient (Wildman–Crippen LogP) is 4.55. The summed E-state index contributed by atoms with van der Waals surface area (Å²) in [5.41, 5.74) is 11.0. The zero-order valence-corrected chi connectivity index (χ0v) is 17.3. The van der Waals surface area contributed by atoms with E-state index >= 15 is 0 Å². The lowest BCUT2D eigenvalue weighted by molar-refractivity contribution is 0.0958. The molecule has 1 amide bonds. The van der Waals surface area contributed by atoms with Crippen LogP contribution in [-0.2, 0) is 0 Å². The summed E-state index contributed by atoms with van der Waals surface area (Å²) in [6, 6.07) is 19.5. The molecule has 4 N–H and O–H groups in total. The van der Waals surface area contributed by atoms with Gasteiger partial charge in [-0.15, -0.1) is 0 Å². The molecule has 0 radical (unpaired) electrons. The number of carbonyl (C=O) groups is 1. The lowest BCUT2D eigenvalue weighted by Crippen LogP contribution is -2.25. The predicted molar refractivity (Wildman–Crippen MR) is 121 cm³/mol. The molecule has 0 unspecified atom stereocenters. The first-order chi connectivity index (χ1) is 14.1. The third-order valence-corrected chi connectivity index (χ3v) is 5.26. The number of hydrogen-bond acceptors (Lipinski definition) is 5. The lowest BCUT2D eigenvalue weighted by atomic mass is 10.1. The Bertz CT molecular complexity index is 1000. The van der Waals surface area contributed by atoms with Gasteiger partial charge in [-0.05, 0) is 67.8 Å². The fourth-order valence-electron chi connectivity index (χ4n) is 2.66. The number of aromatic nitrogens is 1. The van der Waals surface area contributed by atoms with E-state index in [0.717, 1.165) is 27.4 Å².